The van der Waals surface area contributed by atoms with Gasteiger partial charge < -0.3 is 39.0 Å². The molecule has 19 heteroatoms. The van der Waals surface area contributed by atoms with Crippen LogP contribution in [0.2, 0.25) is 0 Å². The second-order valence-electron chi connectivity index (χ2n) is 18.6. The van der Waals surface area contributed by atoms with E-state index >= 15 is 0 Å². The molecule has 354 valence electrons. The third kappa shape index (κ3) is 8.30. The van der Waals surface area contributed by atoms with E-state index < -0.39 is 11.9 Å². The fourth-order valence-corrected chi connectivity index (χ4v) is 11.0. The summed E-state index contributed by atoms with van der Waals surface area (Å²) in [7, 11) is 0. The molecule has 3 aliphatic heterocycles. The maximum atomic E-state index is 14.8. The standard InChI is InChI=1S/C26H28FN7O2.C24H24FN7O/c27-23-22-19(7-10-28-23)20-16-30-25(32-24(20)34(22)17-3-1-2-4-17)31-21-6-5-18(15-29-21)33-11-8-26(9-12-33)35-13-14-36-26;25-22-21-18(7-10-26-22)19-14-28-24(30-23(19)32(21)15-3-1-2-4-15)29-20-6-5-16(13-27-20)31-11-8-17(33)9-12-31/h5-7,10,15-17H,1-4,8-9,11-14H2,(H,29,30,31,32);5-7,10,13-15H,1-4,8-9,11-12H2,(H,27,28,29,30). The number of piperidine rings is 2. The minimum absolute atomic E-state index is 0.209. The molecule has 0 aromatic carbocycles. The Labute approximate surface area is 395 Å². The summed E-state index contributed by atoms with van der Waals surface area (Å²) in [6, 6.07) is 12.0. The van der Waals surface area contributed by atoms with Gasteiger partial charge in [0.05, 0.1) is 37.0 Å². The molecule has 8 aromatic heterocycles. The van der Waals surface area contributed by atoms with Gasteiger partial charge in [-0.25, -0.2) is 29.9 Å². The molecule has 2 aliphatic carbocycles. The highest BCUT2D eigenvalue weighted by molar-refractivity contribution is 6.07. The van der Waals surface area contributed by atoms with Crippen LogP contribution >= 0.6 is 0 Å². The fourth-order valence-electron chi connectivity index (χ4n) is 11.0. The van der Waals surface area contributed by atoms with Gasteiger partial charge in [0.15, 0.2) is 5.79 Å². The minimum atomic E-state index is -0.469. The largest absolute Gasteiger partial charge is 0.370 e. The molecule has 0 bridgehead atoms. The number of hydrogen-bond donors (Lipinski definition) is 2. The molecule has 0 radical (unpaired) electrons. The van der Waals surface area contributed by atoms with E-state index in [1.807, 2.05) is 45.7 Å². The van der Waals surface area contributed by atoms with E-state index in [0.29, 0.717) is 66.4 Å². The molecule has 5 aliphatic rings. The van der Waals surface area contributed by atoms with Crippen LogP contribution in [-0.4, -0.2) is 100.0 Å². The number of hydrogen-bond acceptors (Lipinski definition) is 15. The van der Waals surface area contributed by atoms with Gasteiger partial charge in [0.1, 0.15) is 39.7 Å². The van der Waals surface area contributed by atoms with Crippen LogP contribution in [0.1, 0.15) is 89.1 Å². The van der Waals surface area contributed by atoms with Crippen LogP contribution in [-0.2, 0) is 14.3 Å². The van der Waals surface area contributed by atoms with E-state index in [1.165, 1.54) is 12.4 Å². The quantitative estimate of drug-likeness (QED) is 0.138. The molecule has 0 atom stereocenters. The second kappa shape index (κ2) is 18.2. The third-order valence-electron chi connectivity index (χ3n) is 14.6. The van der Waals surface area contributed by atoms with Gasteiger partial charge in [0.2, 0.25) is 23.8 Å². The van der Waals surface area contributed by atoms with E-state index in [9.17, 15) is 13.6 Å². The molecule has 5 fully saturated rings. The maximum Gasteiger partial charge on any atom is 0.237 e. The SMILES string of the molecule is Fc1nccc2c3cnc(Nc4ccc(N5CCC6(CC5)OCCO6)cn4)nc3n(C3CCCC3)c12.O=C1CCN(c2ccc(Nc3ncc4c5ccnc(F)c5n(C5CCCC5)c4n3)nc2)CC1. The van der Waals surface area contributed by atoms with Crippen LogP contribution in [0.3, 0.4) is 0 Å². The number of anilines is 6. The van der Waals surface area contributed by atoms with Crippen molar-refractivity contribution in [1.29, 1.82) is 0 Å². The Morgan fingerprint density at radius 3 is 1.46 bits per heavy atom. The number of nitrogens with one attached hydrogen (secondary N) is 2. The Morgan fingerprint density at radius 2 is 1.01 bits per heavy atom. The molecule has 0 amide bonds. The van der Waals surface area contributed by atoms with Crippen LogP contribution in [0.15, 0.2) is 73.6 Å². The highest BCUT2D eigenvalue weighted by Crippen LogP contribution is 2.41. The van der Waals surface area contributed by atoms with Gasteiger partial charge in [-0.3, -0.25) is 4.79 Å². The van der Waals surface area contributed by atoms with Crippen molar-refractivity contribution in [2.24, 2.45) is 0 Å². The lowest BCUT2D eigenvalue weighted by Gasteiger charge is -2.38. The summed E-state index contributed by atoms with van der Waals surface area (Å²) in [6.45, 7) is 4.55. The van der Waals surface area contributed by atoms with Crippen molar-refractivity contribution >= 4 is 84.6 Å². The lowest BCUT2D eigenvalue weighted by Crippen LogP contribution is -2.45. The van der Waals surface area contributed by atoms with Crippen molar-refractivity contribution in [2.75, 3.05) is 59.8 Å². The second-order valence-corrected chi connectivity index (χ2v) is 18.6. The van der Waals surface area contributed by atoms with Crippen LogP contribution in [0.4, 0.5) is 43.7 Å². The Hall–Kier alpha value is -6.99. The minimum Gasteiger partial charge on any atom is -0.370 e. The molecule has 13 rings (SSSR count). The van der Waals surface area contributed by atoms with Gasteiger partial charge >= 0.3 is 0 Å². The van der Waals surface area contributed by atoms with Crippen LogP contribution in [0.5, 0.6) is 0 Å². The first-order valence-electron chi connectivity index (χ1n) is 24.2. The van der Waals surface area contributed by atoms with Crippen molar-refractivity contribution in [3.63, 3.8) is 0 Å². The Balaban J connectivity index is 0.000000143. The van der Waals surface area contributed by atoms with Gasteiger partial charge in [-0.2, -0.15) is 18.7 Å². The number of carbonyl (C=O) groups is 1. The first-order chi connectivity index (χ1) is 33.9. The summed E-state index contributed by atoms with van der Waals surface area (Å²) in [5.74, 6) is 1.14. The average Bonchev–Trinajstić information content (AvgIpc) is 4.25. The van der Waals surface area contributed by atoms with Gasteiger partial charge in [0.25, 0.3) is 0 Å². The number of pyridine rings is 4. The maximum absolute atomic E-state index is 14.8. The number of nitrogens with zero attached hydrogens (tertiary/aromatic N) is 12. The Morgan fingerprint density at radius 1 is 0.551 bits per heavy atom. The van der Waals surface area contributed by atoms with E-state index in [2.05, 4.69) is 56.4 Å². The number of aromatic nitrogens is 10. The first kappa shape index (κ1) is 43.3. The normalized spacial score (nSPS) is 18.8. The molecule has 0 unspecified atom stereocenters. The molecule has 1 spiro atoms. The number of carbonyl (C=O) groups excluding carboxylic acids is 1. The molecule has 2 saturated carbocycles. The lowest BCUT2D eigenvalue weighted by atomic mass is 10.0. The fraction of sp³-hybridized carbons (Fsp3) is 0.420. The van der Waals surface area contributed by atoms with Crippen molar-refractivity contribution in [2.45, 2.75) is 94.9 Å². The summed E-state index contributed by atoms with van der Waals surface area (Å²) in [6.07, 6.45) is 21.6. The highest BCUT2D eigenvalue weighted by atomic mass is 19.1. The molecule has 8 aromatic rings. The third-order valence-corrected chi connectivity index (χ3v) is 14.6. The Kier molecular flexibility index (Phi) is 11.4. The lowest BCUT2D eigenvalue weighted by molar-refractivity contribution is -0.169. The zero-order valence-electron chi connectivity index (χ0n) is 38.2. The molecule has 17 nitrogen and oxygen atoms in total. The van der Waals surface area contributed by atoms with Gasteiger partial charge in [0, 0.05) is 110 Å². The molecule has 69 heavy (non-hydrogen) atoms. The summed E-state index contributed by atoms with van der Waals surface area (Å²) >= 11 is 0. The van der Waals surface area contributed by atoms with Crippen molar-refractivity contribution in [1.82, 2.24) is 49.0 Å². The van der Waals surface area contributed by atoms with Gasteiger partial charge in [-0.05, 0) is 62.1 Å². The molecular weight excluding hydrogens is 883 g/mol. The molecule has 3 saturated heterocycles. The predicted octanol–water partition coefficient (Wildman–Crippen LogP) is 9.26. The monoisotopic (exact) mass is 934 g/mol. The van der Waals surface area contributed by atoms with Gasteiger partial charge in [-0.15, -0.1) is 0 Å². The Bertz CT molecular complexity index is 3160. The van der Waals surface area contributed by atoms with Gasteiger partial charge in [-0.1, -0.05) is 25.7 Å². The number of halogens is 2. The number of fused-ring (bicyclic) bond motifs is 6. The van der Waals surface area contributed by atoms with Crippen LogP contribution in [0.25, 0.3) is 43.9 Å². The summed E-state index contributed by atoms with van der Waals surface area (Å²) < 4.78 is 45.3. The zero-order valence-corrected chi connectivity index (χ0v) is 38.2. The van der Waals surface area contributed by atoms with E-state index in [-0.39, 0.29) is 17.9 Å². The summed E-state index contributed by atoms with van der Waals surface area (Å²) in [5, 5.41) is 9.66. The highest BCUT2D eigenvalue weighted by Gasteiger charge is 2.40. The van der Waals surface area contributed by atoms with E-state index in [0.717, 1.165) is 135 Å². The van der Waals surface area contributed by atoms with Crippen LogP contribution < -0.4 is 20.4 Å². The summed E-state index contributed by atoms with van der Waals surface area (Å²) in [4.78, 5) is 51.5. The average molecular weight is 935 g/mol. The number of ether oxygens (including phenoxy) is 2. The molecule has 2 N–H and O–H groups in total. The van der Waals surface area contributed by atoms with Crippen LogP contribution in [0, 0.1) is 11.9 Å². The number of rotatable bonds is 8. The summed E-state index contributed by atoms with van der Waals surface area (Å²) in [5.41, 5.74) is 4.54. The smallest absolute Gasteiger partial charge is 0.237 e. The molecular formula is C50H52F2N14O3. The van der Waals surface area contributed by atoms with E-state index in [1.54, 1.807) is 18.6 Å². The predicted molar refractivity (Wildman–Crippen MR) is 258 cm³/mol. The zero-order chi connectivity index (χ0) is 46.5. The number of Topliss-reactive ketones (excluding diaryl/α,β-unsaturated/α-hetero) is 1. The van der Waals surface area contributed by atoms with E-state index in [4.69, 9.17) is 19.4 Å². The first-order valence-corrected chi connectivity index (χ1v) is 24.2. The van der Waals surface area contributed by atoms with Crippen molar-refractivity contribution in [3.05, 3.63) is 85.5 Å². The van der Waals surface area contributed by atoms with Crippen molar-refractivity contribution < 1.29 is 23.0 Å². The molecule has 11 heterocycles. The van der Waals surface area contributed by atoms with Crippen molar-refractivity contribution in [3.8, 4) is 0 Å². The topological polar surface area (TPSA) is 179 Å². The number of ketones is 1.